The third-order valence-electron chi connectivity index (χ3n) is 2.28. The Balaban J connectivity index is 2.01. The summed E-state index contributed by atoms with van der Waals surface area (Å²) < 4.78 is 25.9. The normalized spacial score (nSPS) is 9.89. The Labute approximate surface area is 102 Å². The molecule has 2 aromatic rings. The molecule has 0 saturated carbocycles. The van der Waals surface area contributed by atoms with Crippen molar-refractivity contribution in [2.75, 3.05) is 5.43 Å². The van der Waals surface area contributed by atoms with Gasteiger partial charge in [0.2, 0.25) is 0 Å². The van der Waals surface area contributed by atoms with Gasteiger partial charge < -0.3 is 0 Å². The number of benzene rings is 2. The van der Waals surface area contributed by atoms with Crippen LogP contribution < -0.4 is 10.9 Å². The van der Waals surface area contributed by atoms with Crippen LogP contribution in [0.4, 0.5) is 14.5 Å². The van der Waals surface area contributed by atoms with Crippen molar-refractivity contribution in [2.24, 2.45) is 0 Å². The fourth-order valence-corrected chi connectivity index (χ4v) is 1.37. The number of amides is 1. The number of carbonyl (C=O) groups excluding carboxylic acids is 1. The van der Waals surface area contributed by atoms with Crippen LogP contribution in [0.3, 0.4) is 0 Å². The van der Waals surface area contributed by atoms with Crippen molar-refractivity contribution in [3.05, 3.63) is 65.7 Å². The van der Waals surface area contributed by atoms with Crippen molar-refractivity contribution in [1.82, 2.24) is 5.43 Å². The van der Waals surface area contributed by atoms with E-state index in [0.717, 1.165) is 0 Å². The summed E-state index contributed by atoms with van der Waals surface area (Å²) in [6.07, 6.45) is 0. The maximum atomic E-state index is 13.3. The molecule has 0 heterocycles. The first-order valence-corrected chi connectivity index (χ1v) is 5.23. The molecule has 2 aromatic carbocycles. The largest absolute Gasteiger partial charge is 0.298 e. The van der Waals surface area contributed by atoms with Crippen molar-refractivity contribution in [3.63, 3.8) is 0 Å². The average Bonchev–Trinajstić information content (AvgIpc) is 2.38. The second-order valence-corrected chi connectivity index (χ2v) is 3.57. The van der Waals surface area contributed by atoms with E-state index in [1.165, 1.54) is 42.5 Å². The zero-order valence-electron chi connectivity index (χ0n) is 9.28. The topological polar surface area (TPSA) is 41.1 Å². The van der Waals surface area contributed by atoms with Crippen LogP contribution in [-0.4, -0.2) is 5.91 Å². The van der Waals surface area contributed by atoms with Crippen molar-refractivity contribution < 1.29 is 13.6 Å². The van der Waals surface area contributed by atoms with Gasteiger partial charge in [0, 0.05) is 0 Å². The molecular weight excluding hydrogens is 238 g/mol. The lowest BCUT2D eigenvalue weighted by Gasteiger charge is -2.08. The van der Waals surface area contributed by atoms with Crippen LogP contribution in [0.15, 0.2) is 48.5 Å². The van der Waals surface area contributed by atoms with E-state index >= 15 is 0 Å². The summed E-state index contributed by atoms with van der Waals surface area (Å²) in [5, 5.41) is 0. The van der Waals surface area contributed by atoms with Gasteiger partial charge in [-0.05, 0) is 36.4 Å². The smallest absolute Gasteiger partial charge is 0.272 e. The Morgan fingerprint density at radius 1 is 0.944 bits per heavy atom. The van der Waals surface area contributed by atoms with Gasteiger partial charge in [-0.1, -0.05) is 12.1 Å². The van der Waals surface area contributed by atoms with Gasteiger partial charge in [0.15, 0.2) is 0 Å². The Kier molecular flexibility index (Phi) is 3.52. The minimum absolute atomic E-state index is 0.0629. The summed E-state index contributed by atoms with van der Waals surface area (Å²) in [6.45, 7) is 0. The lowest BCUT2D eigenvalue weighted by Crippen LogP contribution is -2.29. The molecule has 18 heavy (non-hydrogen) atoms. The molecule has 1 amide bonds. The van der Waals surface area contributed by atoms with Crippen molar-refractivity contribution in [2.45, 2.75) is 0 Å². The zero-order chi connectivity index (χ0) is 13.0. The number of rotatable bonds is 3. The first kappa shape index (κ1) is 12.0. The summed E-state index contributed by atoms with van der Waals surface area (Å²) in [7, 11) is 0. The first-order valence-electron chi connectivity index (χ1n) is 5.23. The minimum atomic E-state index is -0.601. The molecule has 0 aromatic heterocycles. The Morgan fingerprint density at radius 3 is 2.28 bits per heavy atom. The molecule has 0 aliphatic heterocycles. The number of carbonyl (C=O) groups is 1. The number of hydrogen-bond donors (Lipinski definition) is 2. The van der Waals surface area contributed by atoms with Crippen LogP contribution in [0.25, 0.3) is 0 Å². The van der Waals surface area contributed by atoms with Gasteiger partial charge in [-0.25, -0.2) is 8.78 Å². The highest BCUT2D eigenvalue weighted by atomic mass is 19.1. The van der Waals surface area contributed by atoms with E-state index in [1.54, 1.807) is 6.07 Å². The highest BCUT2D eigenvalue weighted by molar-refractivity contribution is 5.95. The second-order valence-electron chi connectivity index (χ2n) is 3.57. The van der Waals surface area contributed by atoms with Crippen molar-refractivity contribution in [1.29, 1.82) is 0 Å². The molecule has 0 aliphatic carbocycles. The Hall–Kier alpha value is -2.43. The zero-order valence-corrected chi connectivity index (χ0v) is 9.28. The molecule has 3 nitrogen and oxygen atoms in total. The number of nitrogens with one attached hydrogen (secondary N) is 2. The summed E-state index contributed by atoms with van der Waals surface area (Å²) in [5.41, 5.74) is 5.33. The van der Waals surface area contributed by atoms with Crippen LogP contribution in [-0.2, 0) is 0 Å². The Bertz CT molecular complexity index is 555. The Morgan fingerprint density at radius 2 is 1.61 bits per heavy atom. The fraction of sp³-hybridized carbons (Fsp3) is 0. The van der Waals surface area contributed by atoms with Crippen molar-refractivity contribution in [3.8, 4) is 0 Å². The molecule has 0 aliphatic rings. The number of hydrogen-bond acceptors (Lipinski definition) is 2. The monoisotopic (exact) mass is 248 g/mol. The van der Waals surface area contributed by atoms with Gasteiger partial charge in [-0.2, -0.15) is 0 Å². The van der Waals surface area contributed by atoms with Crippen LogP contribution in [0.2, 0.25) is 0 Å². The number of halogens is 2. The molecular formula is C13H10F2N2O. The lowest BCUT2D eigenvalue weighted by molar-refractivity contribution is 0.0958. The van der Waals surface area contributed by atoms with E-state index in [1.807, 2.05) is 0 Å². The summed E-state index contributed by atoms with van der Waals surface area (Å²) in [6, 6.07) is 11.0. The highest BCUT2D eigenvalue weighted by Crippen LogP contribution is 2.08. The van der Waals surface area contributed by atoms with Gasteiger partial charge in [0.05, 0.1) is 11.3 Å². The quantitative estimate of drug-likeness (QED) is 0.820. The predicted molar refractivity (Wildman–Crippen MR) is 63.9 cm³/mol. The molecule has 0 unspecified atom stereocenters. The molecule has 0 spiro atoms. The van der Waals surface area contributed by atoms with Gasteiger partial charge in [0.1, 0.15) is 11.6 Å². The molecule has 0 radical (unpaired) electrons. The van der Waals surface area contributed by atoms with Crippen molar-refractivity contribution >= 4 is 11.6 Å². The first-order chi connectivity index (χ1) is 8.66. The summed E-state index contributed by atoms with van der Waals surface area (Å²) in [4.78, 5) is 11.6. The van der Waals surface area contributed by atoms with E-state index in [4.69, 9.17) is 0 Å². The standard InChI is InChI=1S/C13H10F2N2O/c14-9-5-7-10(8-6-9)16-17-13(18)11-3-1-2-4-12(11)15/h1-8,16H,(H,17,18). The highest BCUT2D eigenvalue weighted by Gasteiger charge is 2.09. The van der Waals surface area contributed by atoms with Crippen LogP contribution in [0.1, 0.15) is 10.4 Å². The van der Waals surface area contributed by atoms with E-state index in [2.05, 4.69) is 10.9 Å². The van der Waals surface area contributed by atoms with E-state index in [9.17, 15) is 13.6 Å². The predicted octanol–water partition coefficient (Wildman–Crippen LogP) is 2.72. The molecule has 0 atom stereocenters. The molecule has 0 saturated heterocycles. The lowest BCUT2D eigenvalue weighted by atomic mass is 10.2. The minimum Gasteiger partial charge on any atom is -0.298 e. The van der Waals surface area contributed by atoms with Gasteiger partial charge >= 0.3 is 0 Å². The van der Waals surface area contributed by atoms with Gasteiger partial charge in [-0.15, -0.1) is 0 Å². The van der Waals surface area contributed by atoms with Gasteiger partial charge in [0.25, 0.3) is 5.91 Å². The van der Waals surface area contributed by atoms with E-state index in [-0.39, 0.29) is 11.4 Å². The molecule has 92 valence electrons. The third-order valence-corrected chi connectivity index (χ3v) is 2.28. The molecule has 2 N–H and O–H groups in total. The maximum absolute atomic E-state index is 13.3. The fourth-order valence-electron chi connectivity index (χ4n) is 1.37. The van der Waals surface area contributed by atoms with E-state index < -0.39 is 11.7 Å². The van der Waals surface area contributed by atoms with Gasteiger partial charge in [-0.3, -0.25) is 15.6 Å². The average molecular weight is 248 g/mol. The van der Waals surface area contributed by atoms with E-state index in [0.29, 0.717) is 5.69 Å². The maximum Gasteiger partial charge on any atom is 0.272 e. The number of hydrazine groups is 1. The third kappa shape index (κ3) is 2.82. The summed E-state index contributed by atoms with van der Waals surface area (Å²) >= 11 is 0. The molecule has 5 heteroatoms. The van der Waals surface area contributed by atoms with Crippen LogP contribution in [0.5, 0.6) is 0 Å². The van der Waals surface area contributed by atoms with Crippen LogP contribution in [0, 0.1) is 11.6 Å². The molecule has 0 fully saturated rings. The number of anilines is 1. The SMILES string of the molecule is O=C(NNc1ccc(F)cc1)c1ccccc1F. The second kappa shape index (κ2) is 5.27. The summed E-state index contributed by atoms with van der Waals surface area (Å²) in [5.74, 6) is -1.57. The van der Waals surface area contributed by atoms with Crippen LogP contribution >= 0.6 is 0 Å². The molecule has 0 bridgehead atoms. The molecule has 2 rings (SSSR count).